The standard InChI is InChI=1S/C10H13NO2/c12-10(9-3-5-13-7-9)8-2-1-4-11-6-8/h1-2,4,6,9-10,12H,3,5,7H2. The van der Waals surface area contributed by atoms with E-state index >= 15 is 0 Å². The molecular weight excluding hydrogens is 166 g/mol. The summed E-state index contributed by atoms with van der Waals surface area (Å²) in [6.45, 7) is 1.43. The first-order chi connectivity index (χ1) is 6.38. The van der Waals surface area contributed by atoms with Crippen molar-refractivity contribution in [2.24, 2.45) is 5.92 Å². The fourth-order valence-electron chi connectivity index (χ4n) is 1.62. The van der Waals surface area contributed by atoms with Crippen LogP contribution in [0.4, 0.5) is 0 Å². The number of hydrogen-bond donors (Lipinski definition) is 1. The minimum atomic E-state index is -0.420. The van der Waals surface area contributed by atoms with Gasteiger partial charge >= 0.3 is 0 Å². The zero-order chi connectivity index (χ0) is 9.10. The van der Waals surface area contributed by atoms with Gasteiger partial charge in [-0.05, 0) is 18.1 Å². The summed E-state index contributed by atoms with van der Waals surface area (Å²) in [5.41, 5.74) is 0.887. The first kappa shape index (κ1) is 8.66. The summed E-state index contributed by atoms with van der Waals surface area (Å²) < 4.78 is 5.22. The number of pyridine rings is 1. The predicted molar refractivity (Wildman–Crippen MR) is 48.1 cm³/mol. The highest BCUT2D eigenvalue weighted by Crippen LogP contribution is 2.27. The van der Waals surface area contributed by atoms with Crippen LogP contribution in [0.1, 0.15) is 18.1 Å². The average Bonchev–Trinajstić information content (AvgIpc) is 2.71. The molecule has 2 rings (SSSR count). The van der Waals surface area contributed by atoms with Gasteiger partial charge in [0.1, 0.15) is 0 Å². The van der Waals surface area contributed by atoms with Gasteiger partial charge in [-0.15, -0.1) is 0 Å². The normalized spacial score (nSPS) is 24.5. The molecule has 0 bridgehead atoms. The lowest BCUT2D eigenvalue weighted by molar-refractivity contribution is 0.0915. The molecule has 2 atom stereocenters. The second-order valence-electron chi connectivity index (χ2n) is 3.35. The van der Waals surface area contributed by atoms with E-state index in [4.69, 9.17) is 4.74 Å². The van der Waals surface area contributed by atoms with Gasteiger partial charge in [0.15, 0.2) is 0 Å². The number of nitrogens with zero attached hydrogens (tertiary/aromatic N) is 1. The lowest BCUT2D eigenvalue weighted by Crippen LogP contribution is -2.12. The van der Waals surface area contributed by atoms with E-state index in [2.05, 4.69) is 4.98 Å². The molecule has 13 heavy (non-hydrogen) atoms. The Bertz CT molecular complexity index is 257. The van der Waals surface area contributed by atoms with Gasteiger partial charge in [-0.25, -0.2) is 0 Å². The Morgan fingerprint density at radius 2 is 2.54 bits per heavy atom. The van der Waals surface area contributed by atoms with E-state index in [0.717, 1.165) is 18.6 Å². The summed E-state index contributed by atoms with van der Waals surface area (Å²) in [6, 6.07) is 3.74. The number of ether oxygens (including phenoxy) is 1. The number of aliphatic hydroxyl groups is 1. The Kier molecular flexibility index (Phi) is 2.57. The molecule has 1 fully saturated rings. The summed E-state index contributed by atoms with van der Waals surface area (Å²) in [4.78, 5) is 3.98. The van der Waals surface area contributed by atoms with Gasteiger partial charge in [0.2, 0.25) is 0 Å². The van der Waals surface area contributed by atoms with Crippen LogP contribution in [0.2, 0.25) is 0 Å². The van der Waals surface area contributed by atoms with Crippen molar-refractivity contribution >= 4 is 0 Å². The largest absolute Gasteiger partial charge is 0.388 e. The highest BCUT2D eigenvalue weighted by molar-refractivity contribution is 5.12. The molecule has 0 aromatic carbocycles. The maximum absolute atomic E-state index is 9.90. The van der Waals surface area contributed by atoms with Crippen molar-refractivity contribution in [1.82, 2.24) is 4.98 Å². The van der Waals surface area contributed by atoms with E-state index in [1.807, 2.05) is 12.1 Å². The van der Waals surface area contributed by atoms with Crippen LogP contribution in [0.3, 0.4) is 0 Å². The van der Waals surface area contributed by atoms with Gasteiger partial charge < -0.3 is 9.84 Å². The molecule has 1 saturated heterocycles. The maximum atomic E-state index is 9.90. The SMILES string of the molecule is OC(c1cccnc1)C1CCOC1. The Labute approximate surface area is 77.4 Å². The van der Waals surface area contributed by atoms with Gasteiger partial charge in [0, 0.05) is 24.9 Å². The van der Waals surface area contributed by atoms with Crippen molar-refractivity contribution in [3.8, 4) is 0 Å². The first-order valence-electron chi connectivity index (χ1n) is 4.53. The van der Waals surface area contributed by atoms with E-state index in [9.17, 15) is 5.11 Å². The third-order valence-electron chi connectivity index (χ3n) is 2.44. The van der Waals surface area contributed by atoms with Crippen LogP contribution in [0, 0.1) is 5.92 Å². The minimum Gasteiger partial charge on any atom is -0.388 e. The van der Waals surface area contributed by atoms with Crippen molar-refractivity contribution in [3.05, 3.63) is 30.1 Å². The molecule has 2 unspecified atom stereocenters. The first-order valence-corrected chi connectivity index (χ1v) is 4.53. The van der Waals surface area contributed by atoms with Gasteiger partial charge in [0.05, 0.1) is 12.7 Å². The fourth-order valence-corrected chi connectivity index (χ4v) is 1.62. The van der Waals surface area contributed by atoms with Crippen molar-refractivity contribution in [2.75, 3.05) is 13.2 Å². The topological polar surface area (TPSA) is 42.4 Å². The molecule has 1 aromatic rings. The molecule has 1 aromatic heterocycles. The second-order valence-corrected chi connectivity index (χ2v) is 3.35. The molecule has 1 aliphatic rings. The summed E-state index contributed by atoms with van der Waals surface area (Å²) in [7, 11) is 0. The summed E-state index contributed by atoms with van der Waals surface area (Å²) >= 11 is 0. The molecule has 3 heteroatoms. The van der Waals surface area contributed by atoms with E-state index in [1.165, 1.54) is 0 Å². The monoisotopic (exact) mass is 179 g/mol. The molecule has 0 radical (unpaired) electrons. The number of aliphatic hydroxyl groups excluding tert-OH is 1. The number of aromatic nitrogens is 1. The van der Waals surface area contributed by atoms with Crippen LogP contribution in [0.15, 0.2) is 24.5 Å². The van der Waals surface area contributed by atoms with Crippen molar-refractivity contribution < 1.29 is 9.84 Å². The zero-order valence-electron chi connectivity index (χ0n) is 7.39. The molecular formula is C10H13NO2. The van der Waals surface area contributed by atoms with Gasteiger partial charge in [-0.2, -0.15) is 0 Å². The van der Waals surface area contributed by atoms with Crippen molar-refractivity contribution in [2.45, 2.75) is 12.5 Å². The summed E-state index contributed by atoms with van der Waals surface area (Å²) in [5.74, 6) is 0.240. The van der Waals surface area contributed by atoms with E-state index < -0.39 is 6.10 Å². The van der Waals surface area contributed by atoms with Crippen LogP contribution < -0.4 is 0 Å². The van der Waals surface area contributed by atoms with Crippen molar-refractivity contribution in [3.63, 3.8) is 0 Å². The molecule has 1 aliphatic heterocycles. The van der Waals surface area contributed by atoms with Crippen LogP contribution in [-0.2, 0) is 4.74 Å². The van der Waals surface area contributed by atoms with Gasteiger partial charge in [0.25, 0.3) is 0 Å². The van der Waals surface area contributed by atoms with Crippen LogP contribution in [-0.4, -0.2) is 23.3 Å². The lowest BCUT2D eigenvalue weighted by Gasteiger charge is -2.15. The van der Waals surface area contributed by atoms with Gasteiger partial charge in [-0.3, -0.25) is 4.98 Å². The summed E-state index contributed by atoms with van der Waals surface area (Å²) in [5, 5.41) is 9.90. The van der Waals surface area contributed by atoms with Crippen LogP contribution >= 0.6 is 0 Å². The predicted octanol–water partition coefficient (Wildman–Crippen LogP) is 1.15. The average molecular weight is 179 g/mol. The second kappa shape index (κ2) is 3.85. The van der Waals surface area contributed by atoms with E-state index in [0.29, 0.717) is 6.61 Å². The molecule has 1 N–H and O–H groups in total. The van der Waals surface area contributed by atoms with Crippen molar-refractivity contribution in [1.29, 1.82) is 0 Å². The van der Waals surface area contributed by atoms with E-state index in [1.54, 1.807) is 12.4 Å². The molecule has 0 aliphatic carbocycles. The highest BCUT2D eigenvalue weighted by Gasteiger charge is 2.24. The summed E-state index contributed by atoms with van der Waals surface area (Å²) in [6.07, 6.45) is 3.94. The molecule has 3 nitrogen and oxygen atoms in total. The highest BCUT2D eigenvalue weighted by atomic mass is 16.5. The minimum absolute atomic E-state index is 0.240. The number of hydrogen-bond acceptors (Lipinski definition) is 3. The Hall–Kier alpha value is -0.930. The zero-order valence-corrected chi connectivity index (χ0v) is 7.39. The fraction of sp³-hybridized carbons (Fsp3) is 0.500. The molecule has 2 heterocycles. The van der Waals surface area contributed by atoms with Gasteiger partial charge in [-0.1, -0.05) is 6.07 Å². The van der Waals surface area contributed by atoms with Crippen LogP contribution in [0.25, 0.3) is 0 Å². The molecule has 0 saturated carbocycles. The molecule has 0 spiro atoms. The Morgan fingerprint density at radius 1 is 1.62 bits per heavy atom. The lowest BCUT2D eigenvalue weighted by atomic mass is 9.96. The number of rotatable bonds is 2. The quantitative estimate of drug-likeness (QED) is 0.740. The smallest absolute Gasteiger partial charge is 0.0855 e. The third-order valence-corrected chi connectivity index (χ3v) is 2.44. The maximum Gasteiger partial charge on any atom is 0.0855 e. The Balaban J connectivity index is 2.08. The Morgan fingerprint density at radius 3 is 3.15 bits per heavy atom. The van der Waals surface area contributed by atoms with Crippen LogP contribution in [0.5, 0.6) is 0 Å². The third kappa shape index (κ3) is 1.87. The molecule has 0 amide bonds. The molecule has 70 valence electrons. The van der Waals surface area contributed by atoms with E-state index in [-0.39, 0.29) is 5.92 Å².